The molecule has 1 saturated carbocycles. The first-order valence-corrected chi connectivity index (χ1v) is 11.3. The number of nitrogens with zero attached hydrogens (tertiary/aromatic N) is 3. The summed E-state index contributed by atoms with van der Waals surface area (Å²) in [6.45, 7) is 2.27. The van der Waals surface area contributed by atoms with Gasteiger partial charge in [-0.3, -0.25) is 4.79 Å². The first kappa shape index (κ1) is 21.4. The molecule has 1 saturated heterocycles. The van der Waals surface area contributed by atoms with Crippen LogP contribution in [0.15, 0.2) is 23.3 Å². The number of ether oxygens (including phenoxy) is 1. The molecule has 3 aliphatic rings. The van der Waals surface area contributed by atoms with E-state index in [1.54, 1.807) is 0 Å². The van der Waals surface area contributed by atoms with Gasteiger partial charge < -0.3 is 15.2 Å². The second-order valence-electron chi connectivity index (χ2n) is 8.73. The van der Waals surface area contributed by atoms with Crippen molar-refractivity contribution in [2.75, 3.05) is 18.5 Å². The van der Waals surface area contributed by atoms with Crippen molar-refractivity contribution in [2.24, 2.45) is 4.99 Å². The Labute approximate surface area is 190 Å². The third kappa shape index (κ3) is 3.50. The molecule has 2 aliphatic heterocycles. The molecule has 0 amide bonds. The summed E-state index contributed by atoms with van der Waals surface area (Å²) in [5.41, 5.74) is 1.79. The van der Waals surface area contributed by atoms with E-state index >= 15 is 4.39 Å². The SMILES string of the molecule is CC(=O)C1=Nc2c(F)cc(-c3nc(N[C@@H]4CCOC[C@H]4O)ncc3Cl)cc2C12CCCC2. The lowest BCUT2D eigenvalue weighted by Gasteiger charge is -2.28. The number of ketones is 1. The Hall–Kier alpha value is -2.42. The van der Waals surface area contributed by atoms with Gasteiger partial charge in [-0.15, -0.1) is 0 Å². The molecule has 3 heterocycles. The van der Waals surface area contributed by atoms with E-state index < -0.39 is 17.3 Å². The molecule has 2 aromatic rings. The second kappa shape index (κ2) is 8.17. The summed E-state index contributed by atoms with van der Waals surface area (Å²) in [6, 6.07) is 2.97. The van der Waals surface area contributed by atoms with Crippen molar-refractivity contribution in [3.63, 3.8) is 0 Å². The highest BCUT2D eigenvalue weighted by atomic mass is 35.5. The van der Waals surface area contributed by atoms with Crippen LogP contribution in [0.4, 0.5) is 16.0 Å². The number of aliphatic hydroxyl groups is 1. The fraction of sp³-hybridized carbons (Fsp3) is 0.478. The minimum atomic E-state index is -0.673. The van der Waals surface area contributed by atoms with Crippen molar-refractivity contribution in [2.45, 2.75) is 56.6 Å². The molecule has 1 spiro atoms. The van der Waals surface area contributed by atoms with Gasteiger partial charge in [0.25, 0.3) is 0 Å². The van der Waals surface area contributed by atoms with E-state index in [9.17, 15) is 9.90 Å². The van der Waals surface area contributed by atoms with Crippen LogP contribution in [0.5, 0.6) is 0 Å². The molecule has 32 heavy (non-hydrogen) atoms. The maximum absolute atomic E-state index is 15.2. The number of aliphatic imine (C=N–C) groups is 1. The number of hydrogen-bond donors (Lipinski definition) is 2. The van der Waals surface area contributed by atoms with E-state index in [0.29, 0.717) is 35.9 Å². The molecular weight excluding hydrogens is 435 g/mol. The lowest BCUT2D eigenvalue weighted by Crippen LogP contribution is -2.42. The number of hydrogen-bond acceptors (Lipinski definition) is 7. The fourth-order valence-corrected chi connectivity index (χ4v) is 5.36. The number of halogens is 2. The van der Waals surface area contributed by atoms with Gasteiger partial charge in [-0.2, -0.15) is 0 Å². The lowest BCUT2D eigenvalue weighted by molar-refractivity contribution is -0.111. The first-order valence-electron chi connectivity index (χ1n) is 10.9. The fourth-order valence-electron chi connectivity index (χ4n) is 5.16. The maximum Gasteiger partial charge on any atom is 0.223 e. The van der Waals surface area contributed by atoms with Crippen molar-refractivity contribution in [3.8, 4) is 11.3 Å². The monoisotopic (exact) mass is 458 g/mol. The van der Waals surface area contributed by atoms with Crippen LogP contribution >= 0.6 is 11.6 Å². The Balaban J connectivity index is 1.54. The van der Waals surface area contributed by atoms with Crippen LogP contribution in [0.1, 0.15) is 44.6 Å². The van der Waals surface area contributed by atoms with Gasteiger partial charge in [0, 0.05) is 24.5 Å². The summed E-state index contributed by atoms with van der Waals surface area (Å²) in [6.07, 6.45) is 4.88. The molecule has 9 heteroatoms. The molecule has 1 aromatic heterocycles. The van der Waals surface area contributed by atoms with Crippen molar-refractivity contribution in [3.05, 3.63) is 34.7 Å². The van der Waals surface area contributed by atoms with Gasteiger partial charge in [0.1, 0.15) is 11.5 Å². The topological polar surface area (TPSA) is 96.7 Å². The zero-order chi connectivity index (χ0) is 22.5. The van der Waals surface area contributed by atoms with Crippen LogP contribution in [0.2, 0.25) is 5.02 Å². The molecule has 0 unspecified atom stereocenters. The minimum absolute atomic E-state index is 0.120. The van der Waals surface area contributed by atoms with E-state index in [1.807, 2.05) is 6.07 Å². The van der Waals surface area contributed by atoms with Gasteiger partial charge in [-0.1, -0.05) is 24.4 Å². The number of carbonyl (C=O) groups is 1. The van der Waals surface area contributed by atoms with Gasteiger partial charge in [0.2, 0.25) is 5.95 Å². The summed E-state index contributed by atoms with van der Waals surface area (Å²) in [7, 11) is 0. The number of nitrogens with one attached hydrogen (secondary N) is 1. The first-order chi connectivity index (χ1) is 15.4. The van der Waals surface area contributed by atoms with Crippen molar-refractivity contribution < 1.29 is 19.0 Å². The molecule has 2 fully saturated rings. The smallest absolute Gasteiger partial charge is 0.223 e. The van der Waals surface area contributed by atoms with Gasteiger partial charge in [-0.25, -0.2) is 19.4 Å². The largest absolute Gasteiger partial charge is 0.389 e. The van der Waals surface area contributed by atoms with Crippen molar-refractivity contribution in [1.29, 1.82) is 0 Å². The van der Waals surface area contributed by atoms with Crippen molar-refractivity contribution >= 4 is 34.7 Å². The summed E-state index contributed by atoms with van der Waals surface area (Å²) in [5, 5.41) is 13.6. The maximum atomic E-state index is 15.2. The molecule has 0 bridgehead atoms. The number of Topliss-reactive ketones (excluding diaryl/α,β-unsaturated/α-hetero) is 1. The van der Waals surface area contributed by atoms with Gasteiger partial charge in [0.15, 0.2) is 5.78 Å². The quantitative estimate of drug-likeness (QED) is 0.719. The number of aliphatic hydroxyl groups excluding tert-OH is 1. The minimum Gasteiger partial charge on any atom is -0.389 e. The van der Waals surface area contributed by atoms with Crippen LogP contribution in [0.25, 0.3) is 11.3 Å². The number of carbonyl (C=O) groups excluding carboxylic acids is 1. The van der Waals surface area contributed by atoms with E-state index in [2.05, 4.69) is 20.3 Å². The number of rotatable bonds is 4. The van der Waals surface area contributed by atoms with Crippen LogP contribution < -0.4 is 5.32 Å². The van der Waals surface area contributed by atoms with E-state index in [0.717, 1.165) is 31.2 Å². The van der Waals surface area contributed by atoms with Gasteiger partial charge in [-0.05, 0) is 37.0 Å². The summed E-state index contributed by atoms with van der Waals surface area (Å²) < 4.78 is 20.5. The molecule has 2 N–H and O–H groups in total. The zero-order valence-electron chi connectivity index (χ0n) is 17.7. The number of fused-ring (bicyclic) bond motifs is 2. The average Bonchev–Trinajstić information content (AvgIpc) is 3.38. The predicted molar refractivity (Wildman–Crippen MR) is 119 cm³/mol. The highest BCUT2D eigenvalue weighted by Gasteiger charge is 2.48. The van der Waals surface area contributed by atoms with Crippen LogP contribution in [-0.2, 0) is 14.9 Å². The molecule has 1 aliphatic carbocycles. The molecule has 2 atom stereocenters. The van der Waals surface area contributed by atoms with E-state index in [-0.39, 0.29) is 29.1 Å². The average molecular weight is 459 g/mol. The lowest BCUT2D eigenvalue weighted by atomic mass is 9.74. The van der Waals surface area contributed by atoms with Crippen LogP contribution in [0, 0.1) is 5.82 Å². The summed E-state index contributed by atoms with van der Waals surface area (Å²) in [4.78, 5) is 25.5. The molecule has 0 radical (unpaired) electrons. The van der Waals surface area contributed by atoms with Gasteiger partial charge >= 0.3 is 0 Å². The predicted octanol–water partition coefficient (Wildman–Crippen LogP) is 3.98. The number of aromatic nitrogens is 2. The van der Waals surface area contributed by atoms with Crippen LogP contribution in [0.3, 0.4) is 0 Å². The standard InChI is InChI=1S/C23H24ClFN4O3/c1-12(30)21-23(5-2-3-6-23)14-8-13(9-16(25)20(14)28-21)19-15(24)10-26-22(29-19)27-17-4-7-32-11-18(17)31/h8-10,17-18,31H,2-7,11H2,1H3,(H,26,27,29)/t17-,18-/m1/s1. The number of anilines is 1. The molecular formula is C23H24ClFN4O3. The Morgan fingerprint density at radius 1 is 1.34 bits per heavy atom. The van der Waals surface area contributed by atoms with Crippen molar-refractivity contribution in [1.82, 2.24) is 9.97 Å². The highest BCUT2D eigenvalue weighted by Crippen LogP contribution is 2.52. The molecule has 5 rings (SSSR count). The second-order valence-corrected chi connectivity index (χ2v) is 9.14. The van der Waals surface area contributed by atoms with E-state index in [1.165, 1.54) is 19.2 Å². The normalized spacial score (nSPS) is 23.8. The Bertz CT molecular complexity index is 1120. The molecule has 168 valence electrons. The third-order valence-electron chi connectivity index (χ3n) is 6.70. The van der Waals surface area contributed by atoms with Crippen LogP contribution in [-0.4, -0.2) is 51.9 Å². The highest BCUT2D eigenvalue weighted by molar-refractivity contribution is 6.44. The Morgan fingerprint density at radius 3 is 2.84 bits per heavy atom. The third-order valence-corrected chi connectivity index (χ3v) is 6.98. The van der Waals surface area contributed by atoms with Gasteiger partial charge in [0.05, 0.1) is 41.4 Å². The summed E-state index contributed by atoms with van der Waals surface area (Å²) >= 11 is 6.41. The molecule has 1 aromatic carbocycles. The summed E-state index contributed by atoms with van der Waals surface area (Å²) in [5.74, 6) is -0.317. The Kier molecular flexibility index (Phi) is 5.47. The number of benzene rings is 1. The zero-order valence-corrected chi connectivity index (χ0v) is 18.5. The molecule has 7 nitrogen and oxygen atoms in total. The Morgan fingerprint density at radius 2 is 2.12 bits per heavy atom. The van der Waals surface area contributed by atoms with E-state index in [4.69, 9.17) is 16.3 Å².